The molecule has 0 bridgehead atoms. The molecule has 0 aliphatic carbocycles. The molecule has 246 valence electrons. The standard InChI is InChI=1S/C38H65O4P/c1-12-40-37(39)38(43(41-13-2)42-14-3,29-27-35(10)25-17-23-33(8)21-15-19-31(4)5)30-28-36(11)26-18-24-34(9)22-16-20-32(6)7/h19-20,23-24,27-28H,12-18,21-22,25-26,29-30H2,1-11H3. The maximum absolute atomic E-state index is 13.7. The van der Waals surface area contributed by atoms with Crippen molar-refractivity contribution in [3.05, 3.63) is 69.9 Å². The Hall–Kier alpha value is -1.74. The molecule has 0 saturated heterocycles. The van der Waals surface area contributed by atoms with E-state index in [0.29, 0.717) is 32.7 Å². The normalized spacial score (nSPS) is 14.5. The molecular weight excluding hydrogens is 551 g/mol. The van der Waals surface area contributed by atoms with Crippen LogP contribution in [0.15, 0.2) is 69.9 Å². The van der Waals surface area contributed by atoms with Crippen LogP contribution in [0.1, 0.15) is 140 Å². The molecule has 0 aromatic carbocycles. The fourth-order valence-electron chi connectivity index (χ4n) is 4.62. The van der Waals surface area contributed by atoms with Crippen molar-refractivity contribution in [2.24, 2.45) is 0 Å². The molecule has 5 heteroatoms. The van der Waals surface area contributed by atoms with E-state index in [9.17, 15) is 4.79 Å². The number of rotatable bonds is 23. The Morgan fingerprint density at radius 1 is 0.535 bits per heavy atom. The highest BCUT2D eigenvalue weighted by Crippen LogP contribution is 2.57. The average molecular weight is 617 g/mol. The molecular formula is C38H65O4P. The van der Waals surface area contributed by atoms with Crippen molar-refractivity contribution in [1.29, 1.82) is 0 Å². The largest absolute Gasteiger partial charge is 0.465 e. The van der Waals surface area contributed by atoms with E-state index in [-0.39, 0.29) is 5.97 Å². The van der Waals surface area contributed by atoms with Crippen molar-refractivity contribution in [2.75, 3.05) is 19.8 Å². The summed E-state index contributed by atoms with van der Waals surface area (Å²) in [6.07, 6.45) is 23.2. The number of carbonyl (C=O) groups excluding carboxylic acids is 1. The van der Waals surface area contributed by atoms with E-state index in [1.165, 1.54) is 33.4 Å². The number of hydrogen-bond donors (Lipinski definition) is 0. The van der Waals surface area contributed by atoms with E-state index in [4.69, 9.17) is 13.8 Å². The summed E-state index contributed by atoms with van der Waals surface area (Å²) < 4.78 is 18.0. The van der Waals surface area contributed by atoms with E-state index in [1.54, 1.807) is 0 Å². The summed E-state index contributed by atoms with van der Waals surface area (Å²) >= 11 is 0. The van der Waals surface area contributed by atoms with Gasteiger partial charge >= 0.3 is 5.97 Å². The summed E-state index contributed by atoms with van der Waals surface area (Å²) in [6.45, 7) is 24.5. The Morgan fingerprint density at radius 2 is 0.884 bits per heavy atom. The summed E-state index contributed by atoms with van der Waals surface area (Å²) in [7, 11) is -1.49. The quantitative estimate of drug-likeness (QED) is 0.0651. The minimum Gasteiger partial charge on any atom is -0.465 e. The number of hydrogen-bond acceptors (Lipinski definition) is 4. The summed E-state index contributed by atoms with van der Waals surface area (Å²) in [5.41, 5.74) is 8.16. The van der Waals surface area contributed by atoms with E-state index in [0.717, 1.165) is 51.4 Å². The number of allylic oxidation sites excluding steroid dienone is 12. The van der Waals surface area contributed by atoms with Crippen LogP contribution in [0.2, 0.25) is 0 Å². The van der Waals surface area contributed by atoms with Crippen LogP contribution in [-0.2, 0) is 18.6 Å². The van der Waals surface area contributed by atoms with E-state index in [1.807, 2.05) is 20.8 Å². The zero-order valence-electron chi connectivity index (χ0n) is 29.7. The lowest BCUT2D eigenvalue weighted by molar-refractivity contribution is -0.146. The van der Waals surface area contributed by atoms with E-state index in [2.05, 4.69) is 91.8 Å². The highest BCUT2D eigenvalue weighted by atomic mass is 31.2. The van der Waals surface area contributed by atoms with Gasteiger partial charge in [0.15, 0.2) is 8.38 Å². The van der Waals surface area contributed by atoms with Gasteiger partial charge in [-0.25, -0.2) is 0 Å². The van der Waals surface area contributed by atoms with Crippen LogP contribution in [0, 0.1) is 0 Å². The van der Waals surface area contributed by atoms with Crippen molar-refractivity contribution in [2.45, 2.75) is 146 Å². The lowest BCUT2D eigenvalue weighted by atomic mass is 9.95. The van der Waals surface area contributed by atoms with Gasteiger partial charge in [-0.15, -0.1) is 0 Å². The van der Waals surface area contributed by atoms with Crippen molar-refractivity contribution in [1.82, 2.24) is 0 Å². The summed E-state index contributed by atoms with van der Waals surface area (Å²) in [5.74, 6) is -0.221. The van der Waals surface area contributed by atoms with Gasteiger partial charge in [0, 0.05) is 0 Å². The second-order valence-electron chi connectivity index (χ2n) is 12.2. The Bertz CT molecular complexity index is 906. The Kier molecular flexibility index (Phi) is 23.6. The first-order valence-corrected chi connectivity index (χ1v) is 17.7. The smallest absolute Gasteiger partial charge is 0.321 e. The molecule has 0 fully saturated rings. The fourth-order valence-corrected chi connectivity index (χ4v) is 6.35. The second-order valence-corrected chi connectivity index (χ2v) is 14.1. The van der Waals surface area contributed by atoms with Crippen molar-refractivity contribution < 1.29 is 18.6 Å². The molecule has 0 unspecified atom stereocenters. The maximum Gasteiger partial charge on any atom is 0.321 e. The van der Waals surface area contributed by atoms with Crippen LogP contribution < -0.4 is 0 Å². The number of ether oxygens (including phenoxy) is 1. The van der Waals surface area contributed by atoms with Gasteiger partial charge in [-0.1, -0.05) is 69.9 Å². The molecule has 0 saturated carbocycles. The minimum absolute atomic E-state index is 0.221. The molecule has 4 nitrogen and oxygen atoms in total. The van der Waals surface area contributed by atoms with Gasteiger partial charge in [-0.2, -0.15) is 0 Å². The summed E-state index contributed by atoms with van der Waals surface area (Å²) in [5, 5.41) is -0.883. The van der Waals surface area contributed by atoms with Crippen LogP contribution in [0.5, 0.6) is 0 Å². The third kappa shape index (κ3) is 19.3. The molecule has 0 radical (unpaired) electrons. The zero-order valence-corrected chi connectivity index (χ0v) is 30.6. The lowest BCUT2D eigenvalue weighted by Crippen LogP contribution is -2.39. The monoisotopic (exact) mass is 616 g/mol. The van der Waals surface area contributed by atoms with E-state index >= 15 is 0 Å². The highest BCUT2D eigenvalue weighted by Gasteiger charge is 2.48. The van der Waals surface area contributed by atoms with Gasteiger partial charge in [0.25, 0.3) is 0 Å². The summed E-state index contributed by atoms with van der Waals surface area (Å²) in [6, 6.07) is 0. The highest BCUT2D eigenvalue weighted by molar-refractivity contribution is 7.50. The fraction of sp³-hybridized carbons (Fsp3) is 0.658. The number of esters is 1. The van der Waals surface area contributed by atoms with Crippen molar-refractivity contribution in [3.63, 3.8) is 0 Å². The minimum atomic E-state index is -1.49. The van der Waals surface area contributed by atoms with Crippen molar-refractivity contribution in [3.8, 4) is 0 Å². The molecule has 0 aliphatic rings. The Labute approximate surface area is 267 Å². The van der Waals surface area contributed by atoms with Gasteiger partial charge in [-0.3, -0.25) is 4.79 Å². The Balaban J connectivity index is 5.86. The molecule has 0 aromatic heterocycles. The first-order chi connectivity index (χ1) is 20.4. The molecule has 0 N–H and O–H groups in total. The van der Waals surface area contributed by atoms with Crippen LogP contribution in [-0.4, -0.2) is 30.9 Å². The lowest BCUT2D eigenvalue weighted by Gasteiger charge is -2.35. The molecule has 0 spiro atoms. The van der Waals surface area contributed by atoms with Crippen LogP contribution in [0.25, 0.3) is 0 Å². The third-order valence-electron chi connectivity index (χ3n) is 7.32. The van der Waals surface area contributed by atoms with Gasteiger partial charge in [0.1, 0.15) is 5.16 Å². The van der Waals surface area contributed by atoms with Crippen LogP contribution in [0.4, 0.5) is 0 Å². The van der Waals surface area contributed by atoms with Crippen LogP contribution >= 0.6 is 8.38 Å². The maximum atomic E-state index is 13.7. The third-order valence-corrected chi connectivity index (χ3v) is 9.55. The Morgan fingerprint density at radius 3 is 1.21 bits per heavy atom. The number of carbonyl (C=O) groups is 1. The SMILES string of the molecule is CCOC(=O)C(CC=C(C)CCC=C(C)CCC=C(C)C)(CC=C(C)CCC=C(C)CCC=C(C)C)P(OCC)OCC. The molecule has 0 rings (SSSR count). The molecule has 43 heavy (non-hydrogen) atoms. The van der Waals surface area contributed by atoms with Gasteiger partial charge in [0.05, 0.1) is 19.8 Å². The van der Waals surface area contributed by atoms with Gasteiger partial charge in [-0.05, 0) is 140 Å². The molecule has 0 heterocycles. The van der Waals surface area contributed by atoms with E-state index < -0.39 is 13.5 Å². The van der Waals surface area contributed by atoms with Crippen molar-refractivity contribution >= 4 is 14.3 Å². The molecule has 0 aromatic rings. The first kappa shape index (κ1) is 41.3. The average Bonchev–Trinajstić information content (AvgIpc) is 2.93. The second kappa shape index (κ2) is 24.6. The topological polar surface area (TPSA) is 44.8 Å². The zero-order chi connectivity index (χ0) is 32.7. The molecule has 0 atom stereocenters. The van der Waals surface area contributed by atoms with Crippen LogP contribution in [0.3, 0.4) is 0 Å². The van der Waals surface area contributed by atoms with Gasteiger partial charge in [0.2, 0.25) is 0 Å². The predicted molar refractivity (Wildman–Crippen MR) is 190 cm³/mol. The predicted octanol–water partition coefficient (Wildman–Crippen LogP) is 12.3. The summed E-state index contributed by atoms with van der Waals surface area (Å²) in [4.78, 5) is 13.7. The van der Waals surface area contributed by atoms with Gasteiger partial charge < -0.3 is 13.8 Å². The molecule has 0 amide bonds. The molecule has 0 aliphatic heterocycles. The first-order valence-electron chi connectivity index (χ1n) is 16.5.